The Morgan fingerprint density at radius 3 is 1.00 bits per heavy atom. The Hall–Kier alpha value is -4.88. The van der Waals surface area contributed by atoms with Crippen molar-refractivity contribution in [3.8, 4) is 11.2 Å². The lowest BCUT2D eigenvalue weighted by Gasteiger charge is -2.44. The van der Waals surface area contributed by atoms with Gasteiger partial charge in [0.15, 0.2) is 15.2 Å². The highest BCUT2D eigenvalue weighted by atomic mass is 35.6. The highest BCUT2D eigenvalue weighted by Gasteiger charge is 2.38. The van der Waals surface area contributed by atoms with Crippen LogP contribution in [0.25, 0.3) is 0 Å². The Bertz CT molecular complexity index is 2340. The standard InChI is InChI=1S/C28H16BF12.C17H14Cl3OS/c30-25(31,32)17-1-9-21(10-2-17)29(22-11-3-18(4-12-22)26(33,34)35,23-13-5-19(6-14-23)27(36,37)38)24-15-7-20(8-16-24)28(39,40)41;1-22(21,12-11-14-5-3-2-4-6-14)13-15-7-9-16(10-8-15)17(18,19)20/h1-16H;2-10H,13H2,1H3/q-1;+1. The number of hydrogen-bond donors (Lipinski definition) is 0. The predicted molar refractivity (Wildman–Crippen MR) is 227 cm³/mol. The third-order valence-electron chi connectivity index (χ3n) is 9.86. The van der Waals surface area contributed by atoms with Gasteiger partial charge in [0.2, 0.25) is 3.79 Å². The van der Waals surface area contributed by atoms with Gasteiger partial charge in [0.25, 0.3) is 0 Å². The van der Waals surface area contributed by atoms with Crippen LogP contribution >= 0.6 is 34.8 Å². The molecule has 18 heteroatoms. The van der Waals surface area contributed by atoms with Crippen molar-refractivity contribution in [3.05, 3.63) is 191 Å². The van der Waals surface area contributed by atoms with Crippen molar-refractivity contribution in [3.63, 3.8) is 0 Å². The first-order valence-corrected chi connectivity index (χ1v) is 21.4. The minimum absolute atomic E-state index is 0.0114. The number of benzene rings is 6. The van der Waals surface area contributed by atoms with Crippen LogP contribution in [0.2, 0.25) is 0 Å². The second kappa shape index (κ2) is 18.7. The topological polar surface area (TPSA) is 17.1 Å². The van der Waals surface area contributed by atoms with E-state index in [1.165, 1.54) is 0 Å². The van der Waals surface area contributed by atoms with Crippen LogP contribution in [0.3, 0.4) is 0 Å². The van der Waals surface area contributed by atoms with Crippen molar-refractivity contribution in [1.29, 1.82) is 0 Å². The van der Waals surface area contributed by atoms with E-state index in [0.717, 1.165) is 59.7 Å². The molecule has 0 spiro atoms. The van der Waals surface area contributed by atoms with E-state index in [1.54, 1.807) is 18.4 Å². The summed E-state index contributed by atoms with van der Waals surface area (Å²) in [7, 11) is -2.29. The number of rotatable bonds is 6. The van der Waals surface area contributed by atoms with E-state index < -0.39 is 66.8 Å². The fourth-order valence-corrected chi connectivity index (χ4v) is 8.44. The number of halogens is 15. The molecule has 0 N–H and O–H groups in total. The van der Waals surface area contributed by atoms with Crippen LogP contribution in [0.5, 0.6) is 0 Å². The van der Waals surface area contributed by atoms with Crippen LogP contribution in [-0.2, 0) is 48.4 Å². The number of hydrogen-bond acceptors (Lipinski definition) is 1. The highest BCUT2D eigenvalue weighted by Crippen LogP contribution is 2.38. The fourth-order valence-electron chi connectivity index (χ4n) is 6.83. The van der Waals surface area contributed by atoms with Crippen molar-refractivity contribution in [2.24, 2.45) is 0 Å². The van der Waals surface area contributed by atoms with Crippen molar-refractivity contribution in [2.75, 3.05) is 6.26 Å². The molecule has 0 amide bonds. The molecule has 0 aliphatic rings. The van der Waals surface area contributed by atoms with Crippen molar-refractivity contribution >= 4 is 72.7 Å². The van der Waals surface area contributed by atoms with Gasteiger partial charge in [0.1, 0.15) is 18.2 Å². The molecular formula is C45H30BCl3F12OS. The van der Waals surface area contributed by atoms with Gasteiger partial charge in [0.05, 0.1) is 22.3 Å². The van der Waals surface area contributed by atoms with Crippen LogP contribution < -0.4 is 21.9 Å². The van der Waals surface area contributed by atoms with Gasteiger partial charge in [0, 0.05) is 16.7 Å². The summed E-state index contributed by atoms with van der Waals surface area (Å²) in [4.78, 5) is 0. The second-order valence-electron chi connectivity index (χ2n) is 14.3. The zero-order chi connectivity index (χ0) is 46.6. The third-order valence-corrected chi connectivity index (χ3v) is 11.9. The molecule has 0 radical (unpaired) electrons. The quantitative estimate of drug-likeness (QED) is 0.0534. The summed E-state index contributed by atoms with van der Waals surface area (Å²) in [5, 5.41) is 2.87. The van der Waals surface area contributed by atoms with E-state index in [-0.39, 0.29) is 21.9 Å². The summed E-state index contributed by atoms with van der Waals surface area (Å²) >= 11 is 17.4. The maximum Gasteiger partial charge on any atom is 0.416 e. The third kappa shape index (κ3) is 12.4. The van der Waals surface area contributed by atoms with Crippen LogP contribution in [0.4, 0.5) is 52.7 Å². The monoisotopic (exact) mass is 962 g/mol. The van der Waals surface area contributed by atoms with Crippen molar-refractivity contribution < 1.29 is 56.9 Å². The molecule has 0 saturated carbocycles. The maximum atomic E-state index is 13.3. The van der Waals surface area contributed by atoms with Gasteiger partial charge in [-0.25, -0.2) is 0 Å². The smallest absolute Gasteiger partial charge is 0.195 e. The average molecular weight is 964 g/mol. The molecule has 63 heavy (non-hydrogen) atoms. The van der Waals surface area contributed by atoms with Crippen LogP contribution in [0.15, 0.2) is 152 Å². The fraction of sp³-hybridized carbons (Fsp3) is 0.156. The zero-order valence-electron chi connectivity index (χ0n) is 32.2. The Kier molecular flexibility index (Phi) is 14.6. The van der Waals surface area contributed by atoms with Gasteiger partial charge in [-0.2, -0.15) is 74.5 Å². The lowest BCUT2D eigenvalue weighted by atomic mass is 9.13. The van der Waals surface area contributed by atoms with Crippen molar-refractivity contribution in [1.82, 2.24) is 0 Å². The lowest BCUT2D eigenvalue weighted by molar-refractivity contribution is -0.138. The number of alkyl halides is 15. The van der Waals surface area contributed by atoms with Gasteiger partial charge >= 0.3 is 24.7 Å². The second-order valence-corrected chi connectivity index (χ2v) is 19.1. The SMILES string of the molecule is C[S+](=O)(C#Cc1ccccc1)Cc1ccc(C(Cl)(Cl)Cl)cc1.FC(F)(F)c1ccc([B-](c2ccc(C(F)(F)F)cc2)(c2ccc(C(F)(F)F)cc2)c2ccc(C(F)(F)F)cc2)cc1. The van der Waals surface area contributed by atoms with Gasteiger partial charge in [-0.15, -0.1) is 0 Å². The molecule has 0 aliphatic heterocycles. The summed E-state index contributed by atoms with van der Waals surface area (Å²) < 4.78 is 171. The first-order chi connectivity index (χ1) is 29.1. The Labute approximate surface area is 370 Å². The maximum absolute atomic E-state index is 13.3. The van der Waals surface area contributed by atoms with Crippen LogP contribution in [0, 0.1) is 11.2 Å². The Morgan fingerprint density at radius 1 is 0.444 bits per heavy atom. The minimum atomic E-state index is -4.77. The van der Waals surface area contributed by atoms with Gasteiger partial charge in [-0.3, -0.25) is 0 Å². The largest absolute Gasteiger partial charge is 0.416 e. The van der Waals surface area contributed by atoms with Gasteiger partial charge in [-0.1, -0.05) is 179 Å². The summed E-state index contributed by atoms with van der Waals surface area (Å²) in [6.45, 7) is 0. The molecule has 0 heterocycles. The van der Waals surface area contributed by atoms with Crippen molar-refractivity contribution in [2.45, 2.75) is 34.3 Å². The summed E-state index contributed by atoms with van der Waals surface area (Å²) in [5.41, 5.74) is -1.97. The molecule has 6 rings (SSSR count). The Morgan fingerprint density at radius 2 is 0.730 bits per heavy atom. The van der Waals surface area contributed by atoms with E-state index in [1.807, 2.05) is 42.5 Å². The first kappa shape index (κ1) is 49.1. The summed E-state index contributed by atoms with van der Waals surface area (Å²) in [6, 6.07) is 30.1. The molecule has 0 fully saturated rings. The highest BCUT2D eigenvalue weighted by molar-refractivity contribution is 8.05. The van der Waals surface area contributed by atoms with E-state index >= 15 is 0 Å². The molecule has 330 valence electrons. The van der Waals surface area contributed by atoms with Crippen LogP contribution in [-0.4, -0.2) is 12.4 Å². The zero-order valence-corrected chi connectivity index (χ0v) is 35.3. The van der Waals surface area contributed by atoms with E-state index in [2.05, 4.69) is 11.2 Å². The molecule has 1 atom stereocenters. The molecule has 6 aromatic rings. The minimum Gasteiger partial charge on any atom is -0.195 e. The molecule has 0 aromatic heterocycles. The lowest BCUT2D eigenvalue weighted by Crippen LogP contribution is -2.74. The predicted octanol–water partition coefficient (Wildman–Crippen LogP) is 12.3. The van der Waals surface area contributed by atoms with E-state index in [4.69, 9.17) is 34.8 Å². The normalized spacial score (nSPS) is 13.5. The molecule has 0 bridgehead atoms. The molecular weight excluding hydrogens is 934 g/mol. The van der Waals surface area contributed by atoms with E-state index in [0.29, 0.717) is 59.8 Å². The summed E-state index contributed by atoms with van der Waals surface area (Å²) in [5.74, 6) is 3.32. The molecule has 6 aromatic carbocycles. The molecule has 0 aliphatic carbocycles. The van der Waals surface area contributed by atoms with Gasteiger partial charge < -0.3 is 0 Å². The summed E-state index contributed by atoms with van der Waals surface area (Å²) in [6.07, 6.45) is -20.3. The molecule has 0 saturated heterocycles. The first-order valence-electron chi connectivity index (χ1n) is 18.2. The molecule has 1 nitrogen and oxygen atoms in total. The van der Waals surface area contributed by atoms with Gasteiger partial charge in [-0.05, 0) is 18.1 Å². The van der Waals surface area contributed by atoms with Crippen LogP contribution in [0.1, 0.15) is 38.9 Å². The Balaban J connectivity index is 0.000000286. The average Bonchev–Trinajstić information content (AvgIpc) is 3.20. The molecule has 1 unspecified atom stereocenters. The van der Waals surface area contributed by atoms with E-state index in [9.17, 15) is 56.9 Å².